The molecule has 1 aromatic heterocycles. The van der Waals surface area contributed by atoms with Crippen LogP contribution in [0.3, 0.4) is 0 Å². The first-order valence-electron chi connectivity index (χ1n) is 10.7. The molecule has 0 spiro atoms. The Balaban J connectivity index is 1.41. The molecule has 1 aliphatic rings. The van der Waals surface area contributed by atoms with Gasteiger partial charge in [0.25, 0.3) is 5.91 Å². The number of nitrogens with zero attached hydrogens (tertiary/aromatic N) is 3. The average Bonchev–Trinajstić information content (AvgIpc) is 3.16. The van der Waals surface area contributed by atoms with Gasteiger partial charge < -0.3 is 15.5 Å². The van der Waals surface area contributed by atoms with Gasteiger partial charge in [-0.2, -0.15) is 5.10 Å². The lowest BCUT2D eigenvalue weighted by Gasteiger charge is -2.21. The van der Waals surface area contributed by atoms with E-state index in [1.807, 2.05) is 35.2 Å². The van der Waals surface area contributed by atoms with Crippen molar-refractivity contribution in [2.24, 2.45) is 0 Å². The van der Waals surface area contributed by atoms with Gasteiger partial charge in [0, 0.05) is 36.9 Å². The average molecular weight is 418 g/mol. The number of likely N-dealkylation sites (tertiary alicyclic amines) is 1. The summed E-state index contributed by atoms with van der Waals surface area (Å²) in [7, 11) is 0. The van der Waals surface area contributed by atoms with Crippen molar-refractivity contribution in [3.05, 3.63) is 78.6 Å². The second kappa shape index (κ2) is 9.93. The Morgan fingerprint density at radius 2 is 1.45 bits per heavy atom. The number of carbonyl (C=O) groups is 2. The van der Waals surface area contributed by atoms with Gasteiger partial charge in [0.15, 0.2) is 6.04 Å². The van der Waals surface area contributed by atoms with Crippen molar-refractivity contribution >= 4 is 23.3 Å². The van der Waals surface area contributed by atoms with Crippen LogP contribution in [0.15, 0.2) is 73.1 Å². The van der Waals surface area contributed by atoms with Crippen LogP contribution in [-0.4, -0.2) is 39.7 Å². The van der Waals surface area contributed by atoms with Gasteiger partial charge in [-0.05, 0) is 48.7 Å². The Kier molecular flexibility index (Phi) is 6.62. The number of amides is 3. The minimum Gasteiger partial charge on any atom is -0.325 e. The molecule has 1 saturated heterocycles. The van der Waals surface area contributed by atoms with Gasteiger partial charge in [-0.3, -0.25) is 9.48 Å². The van der Waals surface area contributed by atoms with E-state index in [1.54, 1.807) is 47.4 Å². The van der Waals surface area contributed by atoms with Crippen molar-refractivity contribution in [2.45, 2.75) is 31.7 Å². The lowest BCUT2D eigenvalue weighted by molar-refractivity contribution is -0.118. The first-order valence-corrected chi connectivity index (χ1v) is 10.7. The highest BCUT2D eigenvalue weighted by Crippen LogP contribution is 2.21. The molecule has 0 bridgehead atoms. The van der Waals surface area contributed by atoms with E-state index in [4.69, 9.17) is 0 Å². The maximum atomic E-state index is 13.1. The zero-order valence-corrected chi connectivity index (χ0v) is 17.4. The van der Waals surface area contributed by atoms with Gasteiger partial charge in [-0.1, -0.05) is 43.2 Å². The lowest BCUT2D eigenvalue weighted by atomic mass is 10.1. The molecule has 1 fully saturated rings. The fourth-order valence-corrected chi connectivity index (χ4v) is 3.82. The third-order valence-electron chi connectivity index (χ3n) is 5.45. The van der Waals surface area contributed by atoms with Crippen LogP contribution in [0, 0.1) is 0 Å². The highest BCUT2D eigenvalue weighted by Gasteiger charge is 2.23. The second-order valence-corrected chi connectivity index (χ2v) is 7.70. The number of hydrogen-bond acceptors (Lipinski definition) is 3. The van der Waals surface area contributed by atoms with Gasteiger partial charge in [0.1, 0.15) is 0 Å². The van der Waals surface area contributed by atoms with E-state index >= 15 is 0 Å². The number of benzene rings is 2. The van der Waals surface area contributed by atoms with Gasteiger partial charge in [0.05, 0.1) is 0 Å². The van der Waals surface area contributed by atoms with E-state index < -0.39 is 6.04 Å². The molecule has 0 aliphatic carbocycles. The lowest BCUT2D eigenvalue weighted by Crippen LogP contribution is -2.35. The Morgan fingerprint density at radius 1 is 0.806 bits per heavy atom. The summed E-state index contributed by atoms with van der Waals surface area (Å²) >= 11 is 0. The first-order chi connectivity index (χ1) is 15.2. The molecule has 1 unspecified atom stereocenters. The largest absolute Gasteiger partial charge is 0.325 e. The quantitative estimate of drug-likeness (QED) is 0.641. The van der Waals surface area contributed by atoms with Crippen LogP contribution in [0.1, 0.15) is 37.3 Å². The summed E-state index contributed by atoms with van der Waals surface area (Å²) in [6.07, 6.45) is 7.90. The fourth-order valence-electron chi connectivity index (χ4n) is 3.82. The Bertz CT molecular complexity index is 979. The summed E-state index contributed by atoms with van der Waals surface area (Å²) < 4.78 is 1.64. The number of urea groups is 1. The van der Waals surface area contributed by atoms with E-state index in [0.29, 0.717) is 11.4 Å². The number of nitrogens with one attached hydrogen (secondary N) is 2. The van der Waals surface area contributed by atoms with E-state index in [9.17, 15) is 9.59 Å². The van der Waals surface area contributed by atoms with Crippen LogP contribution >= 0.6 is 0 Å². The zero-order valence-electron chi connectivity index (χ0n) is 17.4. The van der Waals surface area contributed by atoms with E-state index in [0.717, 1.165) is 31.5 Å². The topological polar surface area (TPSA) is 79.3 Å². The summed E-state index contributed by atoms with van der Waals surface area (Å²) in [6, 6.07) is 17.9. The molecule has 2 N–H and O–H groups in total. The van der Waals surface area contributed by atoms with Crippen LogP contribution in [0.25, 0.3) is 0 Å². The predicted molar refractivity (Wildman–Crippen MR) is 121 cm³/mol. The van der Waals surface area contributed by atoms with Crippen molar-refractivity contribution in [3.8, 4) is 0 Å². The number of hydrogen-bond donors (Lipinski definition) is 2. The highest BCUT2D eigenvalue weighted by atomic mass is 16.2. The minimum atomic E-state index is -0.571. The molecule has 7 heteroatoms. The molecule has 4 rings (SSSR count). The van der Waals surface area contributed by atoms with Crippen molar-refractivity contribution in [3.63, 3.8) is 0 Å². The van der Waals surface area contributed by atoms with Gasteiger partial charge in [-0.15, -0.1) is 0 Å². The molecule has 1 atom stereocenters. The SMILES string of the molecule is O=C(Nc1ccc(NC(=O)N2CCCCCC2)cc1)C(c1ccccc1)n1cccn1. The van der Waals surface area contributed by atoms with Gasteiger partial charge in [-0.25, -0.2) is 4.79 Å². The first kappa shape index (κ1) is 20.7. The molecule has 1 aliphatic heterocycles. The molecular formula is C24H27N5O2. The normalized spacial score (nSPS) is 15.0. The molecule has 2 heterocycles. The zero-order chi connectivity index (χ0) is 21.5. The number of aromatic nitrogens is 2. The summed E-state index contributed by atoms with van der Waals surface area (Å²) in [5, 5.41) is 10.2. The third-order valence-corrected chi connectivity index (χ3v) is 5.45. The van der Waals surface area contributed by atoms with Crippen molar-refractivity contribution in [1.29, 1.82) is 0 Å². The third kappa shape index (κ3) is 5.31. The van der Waals surface area contributed by atoms with Crippen molar-refractivity contribution in [2.75, 3.05) is 23.7 Å². The van der Waals surface area contributed by atoms with Crippen LogP contribution in [0.2, 0.25) is 0 Å². The number of anilines is 2. The predicted octanol–water partition coefficient (Wildman–Crippen LogP) is 4.52. The molecule has 0 radical (unpaired) electrons. The standard InChI is InChI=1S/C24H27N5O2/c30-23(22(29-18-8-15-25-29)19-9-4-3-5-10-19)26-20-11-13-21(14-12-20)27-24(31)28-16-6-1-2-7-17-28/h3-5,8-15,18,22H,1-2,6-7,16-17H2,(H,26,30)(H,27,31). The monoisotopic (exact) mass is 417 g/mol. The molecule has 2 aromatic carbocycles. The van der Waals surface area contributed by atoms with Crippen molar-refractivity contribution < 1.29 is 9.59 Å². The molecule has 7 nitrogen and oxygen atoms in total. The number of carbonyl (C=O) groups excluding carboxylic acids is 2. The van der Waals surface area contributed by atoms with E-state index in [1.165, 1.54) is 12.8 Å². The molecule has 3 amide bonds. The van der Waals surface area contributed by atoms with Gasteiger partial charge in [0.2, 0.25) is 0 Å². The van der Waals surface area contributed by atoms with Crippen LogP contribution in [0.5, 0.6) is 0 Å². The van der Waals surface area contributed by atoms with Crippen molar-refractivity contribution in [1.82, 2.24) is 14.7 Å². The number of rotatable bonds is 5. The van der Waals surface area contributed by atoms with E-state index in [2.05, 4.69) is 15.7 Å². The summed E-state index contributed by atoms with van der Waals surface area (Å²) in [6.45, 7) is 1.60. The molecule has 0 saturated carbocycles. The van der Waals surface area contributed by atoms with Gasteiger partial charge >= 0.3 is 6.03 Å². The minimum absolute atomic E-state index is 0.0680. The maximum Gasteiger partial charge on any atom is 0.321 e. The molecular weight excluding hydrogens is 390 g/mol. The summed E-state index contributed by atoms with van der Waals surface area (Å²) in [4.78, 5) is 27.4. The molecule has 3 aromatic rings. The maximum absolute atomic E-state index is 13.1. The Morgan fingerprint density at radius 3 is 2.06 bits per heavy atom. The van der Waals surface area contributed by atoms with E-state index in [-0.39, 0.29) is 11.9 Å². The smallest absolute Gasteiger partial charge is 0.321 e. The summed E-state index contributed by atoms with van der Waals surface area (Å²) in [5.74, 6) is -0.184. The van der Waals surface area contributed by atoms with Crippen LogP contribution in [-0.2, 0) is 4.79 Å². The van der Waals surface area contributed by atoms with Crippen LogP contribution in [0.4, 0.5) is 16.2 Å². The fraction of sp³-hybridized carbons (Fsp3) is 0.292. The Labute approximate surface area is 182 Å². The Hall–Kier alpha value is -3.61. The molecule has 160 valence electrons. The molecule has 31 heavy (non-hydrogen) atoms. The summed E-state index contributed by atoms with van der Waals surface area (Å²) in [5.41, 5.74) is 2.22. The van der Waals surface area contributed by atoms with Crippen LogP contribution < -0.4 is 10.6 Å². The second-order valence-electron chi connectivity index (χ2n) is 7.70. The highest BCUT2D eigenvalue weighted by molar-refractivity contribution is 5.96.